The highest BCUT2D eigenvalue weighted by Crippen LogP contribution is 2.38. The summed E-state index contributed by atoms with van der Waals surface area (Å²) in [6.45, 7) is 0.173. The fraction of sp³-hybridized carbons (Fsp3) is 0.0800. The number of hydrogen-bond donors (Lipinski definition) is 1. The Kier molecular flexibility index (Phi) is 8.37. The van der Waals surface area contributed by atoms with Gasteiger partial charge >= 0.3 is 0 Å². The van der Waals surface area contributed by atoms with Gasteiger partial charge in [-0.3, -0.25) is 19.8 Å². The number of anilines is 1. The Balaban J connectivity index is 1.64. The van der Waals surface area contributed by atoms with Gasteiger partial charge in [-0.15, -0.1) is 0 Å². The molecule has 0 bridgehead atoms. The minimum absolute atomic E-state index is 0.00726. The number of hydrogen-bond acceptors (Lipinski definition) is 5. The number of carbonyl (C=O) groups excluding carboxylic acids is 2. The molecule has 0 spiro atoms. The maximum Gasteiger partial charge on any atom is 0.270 e. The summed E-state index contributed by atoms with van der Waals surface area (Å²) in [5.41, 5.74) is 1.73. The summed E-state index contributed by atoms with van der Waals surface area (Å²) in [5.74, 6) is -0.307. The highest BCUT2D eigenvalue weighted by Gasteiger charge is 2.34. The normalized spacial score (nSPS) is 14.8. The molecule has 0 aliphatic carbocycles. The van der Waals surface area contributed by atoms with E-state index in [1.54, 1.807) is 54.6 Å². The number of methoxy groups -OCH3 is 1. The highest BCUT2D eigenvalue weighted by molar-refractivity contribution is 9.10. The molecule has 11 heteroatoms. The summed E-state index contributed by atoms with van der Waals surface area (Å²) in [5, 5.41) is 3.59. The number of ether oxygens (including phenoxy) is 2. The second kappa shape index (κ2) is 11.3. The summed E-state index contributed by atoms with van der Waals surface area (Å²) >= 11 is 24.3. The zero-order valence-corrected chi connectivity index (χ0v) is 24.0. The lowest BCUT2D eigenvalue weighted by Gasteiger charge is -2.29. The number of amides is 2. The van der Waals surface area contributed by atoms with Gasteiger partial charge in [0.05, 0.1) is 17.3 Å². The van der Waals surface area contributed by atoms with Gasteiger partial charge in [-0.2, -0.15) is 0 Å². The number of rotatable bonds is 6. The van der Waals surface area contributed by atoms with E-state index in [9.17, 15) is 9.59 Å². The summed E-state index contributed by atoms with van der Waals surface area (Å²) in [7, 11) is 1.49. The molecule has 3 aromatic carbocycles. The Morgan fingerprint density at radius 2 is 1.78 bits per heavy atom. The third-order valence-corrected chi connectivity index (χ3v) is 7.13. The lowest BCUT2D eigenvalue weighted by atomic mass is 10.1. The van der Waals surface area contributed by atoms with Crippen LogP contribution in [0.5, 0.6) is 11.5 Å². The van der Waals surface area contributed by atoms with Crippen LogP contribution in [0, 0.1) is 0 Å². The van der Waals surface area contributed by atoms with Crippen LogP contribution in [0.1, 0.15) is 11.1 Å². The molecular formula is C25H16Br2Cl2N2O4S. The summed E-state index contributed by atoms with van der Waals surface area (Å²) < 4.78 is 12.9. The molecule has 1 aliphatic heterocycles. The average Bonchev–Trinajstić information content (AvgIpc) is 2.83. The molecule has 1 heterocycles. The first-order chi connectivity index (χ1) is 17.2. The molecule has 6 nitrogen and oxygen atoms in total. The van der Waals surface area contributed by atoms with Crippen LogP contribution in [-0.4, -0.2) is 24.0 Å². The van der Waals surface area contributed by atoms with Crippen LogP contribution >= 0.6 is 67.3 Å². The van der Waals surface area contributed by atoms with Gasteiger partial charge < -0.3 is 9.47 Å². The second-order valence-corrected chi connectivity index (χ2v) is 10.5. The maximum atomic E-state index is 13.3. The molecule has 2 amide bonds. The lowest BCUT2D eigenvalue weighted by Crippen LogP contribution is -2.54. The van der Waals surface area contributed by atoms with Crippen LogP contribution in [0.15, 0.2) is 69.1 Å². The van der Waals surface area contributed by atoms with Crippen molar-refractivity contribution in [3.63, 3.8) is 0 Å². The zero-order valence-electron chi connectivity index (χ0n) is 18.5. The van der Waals surface area contributed by atoms with Gasteiger partial charge in [-0.05, 0) is 88.3 Å². The molecule has 3 aromatic rings. The van der Waals surface area contributed by atoms with Crippen molar-refractivity contribution >= 4 is 96.0 Å². The minimum Gasteiger partial charge on any atom is -0.493 e. The van der Waals surface area contributed by atoms with E-state index >= 15 is 0 Å². The van der Waals surface area contributed by atoms with Gasteiger partial charge in [-0.1, -0.05) is 45.2 Å². The molecular weight excluding hydrogens is 655 g/mol. The third-order valence-electron chi connectivity index (χ3n) is 5.14. The van der Waals surface area contributed by atoms with Crippen LogP contribution in [0.2, 0.25) is 10.0 Å². The first kappa shape index (κ1) is 26.6. The number of nitrogens with zero attached hydrogens (tertiary/aromatic N) is 1. The second-order valence-electron chi connectivity index (χ2n) is 7.49. The number of carbonyl (C=O) groups is 2. The van der Waals surface area contributed by atoms with Gasteiger partial charge in [0.1, 0.15) is 12.2 Å². The van der Waals surface area contributed by atoms with E-state index in [2.05, 4.69) is 37.2 Å². The molecule has 0 atom stereocenters. The Bertz CT molecular complexity index is 1410. The number of benzene rings is 3. The maximum absolute atomic E-state index is 13.3. The standard InChI is InChI=1S/C25H16Br2Cl2N2O4S/c1-34-21-10-13(9-19(27)22(21)35-12-14-2-5-16(28)11-20(14)29)8-18-23(32)30-25(36)31(24(18)33)17-6-3-15(26)4-7-17/h2-11H,12H2,1H3,(H,30,32,36)/b18-8+. The van der Waals surface area contributed by atoms with E-state index in [0.29, 0.717) is 37.3 Å². The molecule has 1 fully saturated rings. The first-order valence-corrected chi connectivity index (χ1v) is 13.0. The summed E-state index contributed by atoms with van der Waals surface area (Å²) in [6.07, 6.45) is 1.47. The van der Waals surface area contributed by atoms with Crippen molar-refractivity contribution < 1.29 is 19.1 Å². The molecule has 1 aliphatic rings. The fourth-order valence-corrected chi connectivity index (χ4v) is 4.98. The fourth-order valence-electron chi connectivity index (χ4n) is 3.40. The summed E-state index contributed by atoms with van der Waals surface area (Å²) in [4.78, 5) is 27.2. The largest absolute Gasteiger partial charge is 0.493 e. The van der Waals surface area contributed by atoms with Crippen molar-refractivity contribution in [2.24, 2.45) is 0 Å². The quantitative estimate of drug-likeness (QED) is 0.175. The van der Waals surface area contributed by atoms with Gasteiger partial charge in [0, 0.05) is 20.1 Å². The minimum atomic E-state index is -0.592. The van der Waals surface area contributed by atoms with Crippen molar-refractivity contribution in [1.82, 2.24) is 5.32 Å². The van der Waals surface area contributed by atoms with E-state index in [0.717, 1.165) is 10.0 Å². The molecule has 1 saturated heterocycles. The Morgan fingerprint density at radius 1 is 1.06 bits per heavy atom. The van der Waals surface area contributed by atoms with Gasteiger partial charge in [0.15, 0.2) is 16.6 Å². The summed E-state index contributed by atoms with van der Waals surface area (Å²) in [6, 6.07) is 15.5. The van der Waals surface area contributed by atoms with Crippen molar-refractivity contribution in [2.75, 3.05) is 12.0 Å². The SMILES string of the molecule is COc1cc(/C=C2\C(=O)NC(=S)N(c3ccc(Br)cc3)C2=O)cc(Br)c1OCc1ccc(Cl)cc1Cl. The van der Waals surface area contributed by atoms with Crippen molar-refractivity contribution in [2.45, 2.75) is 6.61 Å². The van der Waals surface area contributed by atoms with Gasteiger partial charge in [-0.25, -0.2) is 0 Å². The number of nitrogens with one attached hydrogen (secondary N) is 1. The van der Waals surface area contributed by atoms with Crippen molar-refractivity contribution in [3.8, 4) is 11.5 Å². The molecule has 36 heavy (non-hydrogen) atoms. The Hall–Kier alpha value is -2.43. The topological polar surface area (TPSA) is 67.9 Å². The van der Waals surface area contributed by atoms with Gasteiger partial charge in [0.25, 0.3) is 11.8 Å². The van der Waals surface area contributed by atoms with Crippen LogP contribution in [-0.2, 0) is 16.2 Å². The molecule has 0 aromatic heterocycles. The molecule has 0 radical (unpaired) electrons. The van der Waals surface area contributed by atoms with E-state index in [4.69, 9.17) is 44.9 Å². The average molecular weight is 671 g/mol. The van der Waals surface area contributed by atoms with Crippen LogP contribution in [0.4, 0.5) is 5.69 Å². The van der Waals surface area contributed by atoms with Gasteiger partial charge in [0.2, 0.25) is 0 Å². The van der Waals surface area contributed by atoms with E-state index < -0.39 is 11.8 Å². The predicted molar refractivity (Wildman–Crippen MR) is 152 cm³/mol. The predicted octanol–water partition coefficient (Wildman–Crippen LogP) is 6.94. The Morgan fingerprint density at radius 3 is 2.44 bits per heavy atom. The van der Waals surface area contributed by atoms with E-state index in [1.165, 1.54) is 18.1 Å². The van der Waals surface area contributed by atoms with Crippen molar-refractivity contribution in [1.29, 1.82) is 0 Å². The van der Waals surface area contributed by atoms with Crippen LogP contribution in [0.25, 0.3) is 6.08 Å². The van der Waals surface area contributed by atoms with Crippen LogP contribution < -0.4 is 19.7 Å². The lowest BCUT2D eigenvalue weighted by molar-refractivity contribution is -0.122. The number of thiocarbonyl (C=S) groups is 1. The molecule has 0 unspecified atom stereocenters. The third kappa shape index (κ3) is 5.76. The Labute approximate surface area is 239 Å². The smallest absolute Gasteiger partial charge is 0.270 e. The molecule has 4 rings (SSSR count). The zero-order chi connectivity index (χ0) is 26.0. The van der Waals surface area contributed by atoms with Crippen molar-refractivity contribution in [3.05, 3.63) is 90.3 Å². The number of halogens is 4. The van der Waals surface area contributed by atoms with Crippen LogP contribution in [0.3, 0.4) is 0 Å². The van der Waals surface area contributed by atoms with E-state index in [1.807, 2.05) is 0 Å². The van der Waals surface area contributed by atoms with E-state index in [-0.39, 0.29) is 17.3 Å². The highest BCUT2D eigenvalue weighted by atomic mass is 79.9. The molecule has 184 valence electrons. The molecule has 1 N–H and O–H groups in total. The monoisotopic (exact) mass is 668 g/mol. The first-order valence-electron chi connectivity index (χ1n) is 10.3. The molecule has 0 saturated carbocycles.